The summed E-state index contributed by atoms with van der Waals surface area (Å²) < 4.78 is 5.77. The Morgan fingerprint density at radius 2 is 1.80 bits per heavy atom. The van der Waals surface area contributed by atoms with E-state index in [-0.39, 0.29) is 45.4 Å². The molecule has 3 atom stereocenters. The van der Waals surface area contributed by atoms with Gasteiger partial charge in [-0.25, -0.2) is 0 Å². The van der Waals surface area contributed by atoms with Gasteiger partial charge in [0.15, 0.2) is 0 Å². The van der Waals surface area contributed by atoms with Gasteiger partial charge in [0.25, 0.3) is 0 Å². The minimum atomic E-state index is -0.921. The highest BCUT2D eigenvalue weighted by Gasteiger charge is 2.43. The average molecular weight is 544 g/mol. The second-order valence-corrected chi connectivity index (χ2v) is 13.8. The van der Waals surface area contributed by atoms with Crippen LogP contribution in [0.3, 0.4) is 0 Å². The molecule has 0 radical (unpaired) electrons. The lowest BCUT2D eigenvalue weighted by Gasteiger charge is -2.35. The number of esters is 1. The van der Waals surface area contributed by atoms with Gasteiger partial charge in [0.2, 0.25) is 5.91 Å². The van der Waals surface area contributed by atoms with Gasteiger partial charge in [0.05, 0.1) is 30.2 Å². The minimum Gasteiger partial charge on any atom is -0.465 e. The topological polar surface area (TPSA) is 130 Å². The zero-order valence-corrected chi connectivity index (χ0v) is 25.0. The number of allylic oxidation sites excluding steroid dienone is 2. The van der Waals surface area contributed by atoms with Gasteiger partial charge in [-0.15, -0.1) is 0 Å². The maximum Gasteiger partial charge on any atom is 0.309 e. The quantitative estimate of drug-likeness (QED) is 0.272. The van der Waals surface area contributed by atoms with Gasteiger partial charge in [-0.3, -0.25) is 9.59 Å². The summed E-state index contributed by atoms with van der Waals surface area (Å²) >= 11 is 0. The molecule has 1 amide bonds. The van der Waals surface area contributed by atoms with Gasteiger partial charge in [0.1, 0.15) is 23.6 Å². The Bertz CT molecular complexity index is 1310. The molecule has 2 aliphatic rings. The first-order valence-corrected chi connectivity index (χ1v) is 13.9. The zero-order valence-electron chi connectivity index (χ0n) is 25.0. The van der Waals surface area contributed by atoms with E-state index in [2.05, 4.69) is 71.7 Å². The molecule has 1 aromatic rings. The van der Waals surface area contributed by atoms with Gasteiger partial charge in [0, 0.05) is 17.8 Å². The largest absolute Gasteiger partial charge is 0.465 e. The minimum absolute atomic E-state index is 0.0249. The summed E-state index contributed by atoms with van der Waals surface area (Å²) in [7, 11) is 0. The van der Waals surface area contributed by atoms with Crippen LogP contribution in [0.25, 0.3) is 0 Å². The second-order valence-electron chi connectivity index (χ2n) is 13.8. The fourth-order valence-electron chi connectivity index (χ4n) is 5.82. The van der Waals surface area contributed by atoms with E-state index in [1.807, 2.05) is 18.2 Å². The SMILES string of the molecule is CC(C)(C)CC(C(=O)OCCCN1c2ccc(C3C(=O)NC(=C(C#N)C#N)C3C#N)cc2CC1(C)C)C(C)(C)C. The van der Waals surface area contributed by atoms with Crippen LogP contribution in [0.1, 0.15) is 85.3 Å². The number of rotatable bonds is 7. The van der Waals surface area contributed by atoms with Gasteiger partial charge >= 0.3 is 5.97 Å². The average Bonchev–Trinajstić information content (AvgIpc) is 3.30. The number of carbonyl (C=O) groups is 2. The molecule has 212 valence electrons. The van der Waals surface area contributed by atoms with Crippen molar-refractivity contribution in [1.82, 2.24) is 5.32 Å². The van der Waals surface area contributed by atoms with Crippen LogP contribution in [0.2, 0.25) is 0 Å². The summed E-state index contributed by atoms with van der Waals surface area (Å²) in [4.78, 5) is 28.1. The Kier molecular flexibility index (Phi) is 8.71. The van der Waals surface area contributed by atoms with Crippen molar-refractivity contribution in [3.63, 3.8) is 0 Å². The van der Waals surface area contributed by atoms with Crippen molar-refractivity contribution < 1.29 is 14.3 Å². The highest BCUT2D eigenvalue weighted by molar-refractivity contribution is 5.91. The number of hydrogen-bond acceptors (Lipinski definition) is 7. The van der Waals surface area contributed by atoms with Gasteiger partial charge < -0.3 is 15.0 Å². The molecule has 0 aliphatic carbocycles. The lowest BCUT2D eigenvalue weighted by atomic mass is 9.72. The van der Waals surface area contributed by atoms with Gasteiger partial charge in [-0.05, 0) is 61.1 Å². The number of carbonyl (C=O) groups excluding carboxylic acids is 2. The summed E-state index contributed by atoms with van der Waals surface area (Å²) in [5, 5.41) is 30.9. The molecular weight excluding hydrogens is 502 g/mol. The molecule has 8 nitrogen and oxygen atoms in total. The monoisotopic (exact) mass is 543 g/mol. The Morgan fingerprint density at radius 3 is 2.35 bits per heavy atom. The first-order chi connectivity index (χ1) is 18.5. The number of fused-ring (bicyclic) bond motifs is 1. The number of nitriles is 3. The summed E-state index contributed by atoms with van der Waals surface area (Å²) in [6, 6.07) is 11.5. The van der Waals surface area contributed by atoms with E-state index in [9.17, 15) is 25.4 Å². The van der Waals surface area contributed by atoms with Crippen molar-refractivity contribution in [1.29, 1.82) is 15.8 Å². The first kappa shape index (κ1) is 30.7. The summed E-state index contributed by atoms with van der Waals surface area (Å²) in [5.74, 6) is -2.41. The number of amides is 1. The molecule has 3 rings (SSSR count). The molecule has 1 saturated heterocycles. The molecular formula is C32H41N5O3. The van der Waals surface area contributed by atoms with Crippen molar-refractivity contribution in [3.8, 4) is 18.2 Å². The van der Waals surface area contributed by atoms with E-state index in [1.165, 1.54) is 0 Å². The maximum absolute atomic E-state index is 13.0. The van der Waals surface area contributed by atoms with Crippen LogP contribution in [0.4, 0.5) is 5.69 Å². The molecule has 40 heavy (non-hydrogen) atoms. The standard InChI is InChI=1S/C32H41N5O3/c1-30(2,3)16-24(31(4,5)6)29(39)40-13-9-12-37-25-11-10-20(14-21(25)15-32(37,7)8)26-23(19-35)27(36-28(26)38)22(17-33)18-34/h10-11,14,23-24,26H,9,12-13,15-16H2,1-8H3,(H,36,38). The molecule has 3 unspecified atom stereocenters. The summed E-state index contributed by atoms with van der Waals surface area (Å²) in [6.07, 6.45) is 2.20. The van der Waals surface area contributed by atoms with Crippen molar-refractivity contribution in [3.05, 3.63) is 40.6 Å². The molecule has 2 heterocycles. The van der Waals surface area contributed by atoms with Crippen LogP contribution in [-0.4, -0.2) is 30.6 Å². The van der Waals surface area contributed by atoms with Gasteiger partial charge in [-0.2, -0.15) is 15.8 Å². The molecule has 0 saturated carbocycles. The number of ether oxygens (including phenoxy) is 1. The summed E-state index contributed by atoms with van der Waals surface area (Å²) in [5.41, 5.74) is 2.30. The summed E-state index contributed by atoms with van der Waals surface area (Å²) in [6.45, 7) is 18.0. The number of nitrogens with one attached hydrogen (secondary N) is 1. The molecule has 2 aliphatic heterocycles. The Morgan fingerprint density at radius 1 is 1.15 bits per heavy atom. The third-order valence-electron chi connectivity index (χ3n) is 7.84. The molecule has 1 aromatic carbocycles. The van der Waals surface area contributed by atoms with Crippen molar-refractivity contribution >= 4 is 17.6 Å². The Balaban J connectivity index is 1.73. The number of benzene rings is 1. The van der Waals surface area contributed by atoms with Crippen LogP contribution in [0.15, 0.2) is 29.5 Å². The smallest absolute Gasteiger partial charge is 0.309 e. The number of hydrogen-bond donors (Lipinski definition) is 1. The van der Waals surface area contributed by atoms with E-state index in [0.717, 1.165) is 24.1 Å². The normalized spacial score (nSPS) is 20.6. The van der Waals surface area contributed by atoms with Crippen LogP contribution in [-0.2, 0) is 20.7 Å². The molecule has 1 fully saturated rings. The molecule has 0 aromatic heterocycles. The van der Waals surface area contributed by atoms with Crippen LogP contribution < -0.4 is 10.2 Å². The van der Waals surface area contributed by atoms with Crippen molar-refractivity contribution in [2.45, 2.75) is 86.1 Å². The molecule has 8 heteroatoms. The molecule has 0 bridgehead atoms. The van der Waals surface area contributed by atoms with Crippen LogP contribution >= 0.6 is 0 Å². The lowest BCUT2D eigenvalue weighted by Crippen LogP contribution is -2.42. The zero-order chi connectivity index (χ0) is 30.0. The number of nitrogens with zero attached hydrogens (tertiary/aromatic N) is 4. The van der Waals surface area contributed by atoms with Crippen LogP contribution in [0, 0.1) is 56.7 Å². The van der Waals surface area contributed by atoms with Crippen molar-refractivity contribution in [2.75, 3.05) is 18.1 Å². The Labute approximate surface area is 238 Å². The van der Waals surface area contributed by atoms with E-state index in [1.54, 1.807) is 12.1 Å². The fourth-order valence-corrected chi connectivity index (χ4v) is 5.82. The lowest BCUT2D eigenvalue weighted by molar-refractivity contribution is -0.154. The molecule has 1 N–H and O–H groups in total. The number of anilines is 1. The second kappa shape index (κ2) is 11.3. The van der Waals surface area contributed by atoms with E-state index >= 15 is 0 Å². The van der Waals surface area contributed by atoms with E-state index in [4.69, 9.17) is 4.74 Å². The van der Waals surface area contributed by atoms with E-state index in [0.29, 0.717) is 25.1 Å². The maximum atomic E-state index is 13.0. The molecule has 0 spiro atoms. The highest BCUT2D eigenvalue weighted by Crippen LogP contribution is 2.43. The Hall–Kier alpha value is -3.83. The fraction of sp³-hybridized carbons (Fsp3) is 0.594. The van der Waals surface area contributed by atoms with Gasteiger partial charge in [-0.1, -0.05) is 53.7 Å². The van der Waals surface area contributed by atoms with Crippen molar-refractivity contribution in [2.24, 2.45) is 22.7 Å². The third-order valence-corrected chi connectivity index (χ3v) is 7.84. The van der Waals surface area contributed by atoms with E-state index < -0.39 is 11.8 Å². The van der Waals surface area contributed by atoms with Crippen LogP contribution in [0.5, 0.6) is 0 Å². The third kappa shape index (κ3) is 6.48. The predicted molar refractivity (Wildman–Crippen MR) is 152 cm³/mol. The first-order valence-electron chi connectivity index (χ1n) is 13.9. The highest BCUT2D eigenvalue weighted by atomic mass is 16.5. The predicted octanol–water partition coefficient (Wildman–Crippen LogP) is 5.51.